The Kier molecular flexibility index (Phi) is 3.69. The molecule has 0 atom stereocenters. The molecule has 0 aromatic carbocycles. The molecule has 0 bridgehead atoms. The van der Waals surface area contributed by atoms with E-state index in [1.807, 2.05) is 12.4 Å². The maximum Gasteiger partial charge on any atom is 0.219 e. The molecule has 5 nitrogen and oxygen atoms in total. The highest BCUT2D eigenvalue weighted by atomic mass is 15.2. The summed E-state index contributed by atoms with van der Waals surface area (Å²) in [4.78, 5) is 12.8. The zero-order valence-electron chi connectivity index (χ0n) is 9.76. The van der Waals surface area contributed by atoms with Crippen molar-refractivity contribution in [2.45, 2.75) is 6.42 Å². The Bertz CT molecular complexity index is 316. The SMILES string of the molecule is CN1CCN(CCc2cnc(N)nc2)CC1. The van der Waals surface area contributed by atoms with Gasteiger partial charge in [0.15, 0.2) is 0 Å². The largest absolute Gasteiger partial charge is 0.368 e. The Morgan fingerprint density at radius 1 is 1.19 bits per heavy atom. The highest BCUT2D eigenvalue weighted by Gasteiger charge is 2.13. The van der Waals surface area contributed by atoms with Crippen molar-refractivity contribution in [2.24, 2.45) is 0 Å². The molecule has 16 heavy (non-hydrogen) atoms. The lowest BCUT2D eigenvalue weighted by molar-refractivity contribution is 0.155. The van der Waals surface area contributed by atoms with Gasteiger partial charge >= 0.3 is 0 Å². The summed E-state index contributed by atoms with van der Waals surface area (Å²) in [5.41, 5.74) is 6.60. The van der Waals surface area contributed by atoms with Gasteiger partial charge < -0.3 is 15.5 Å². The van der Waals surface area contributed by atoms with E-state index in [0.717, 1.165) is 44.7 Å². The standard InChI is InChI=1S/C11H19N5/c1-15-4-6-16(7-5-15)3-2-10-8-13-11(12)14-9-10/h8-9H,2-7H2,1H3,(H2,12,13,14). The Hall–Kier alpha value is -1.20. The number of rotatable bonds is 3. The summed E-state index contributed by atoms with van der Waals surface area (Å²) in [6.07, 6.45) is 4.64. The van der Waals surface area contributed by atoms with Crippen LogP contribution in [0.3, 0.4) is 0 Å². The average molecular weight is 221 g/mol. The Labute approximate surface area is 96.3 Å². The first kappa shape index (κ1) is 11.3. The first-order valence-electron chi connectivity index (χ1n) is 5.71. The van der Waals surface area contributed by atoms with Gasteiger partial charge in [0.2, 0.25) is 5.95 Å². The van der Waals surface area contributed by atoms with Crippen LogP contribution in [-0.4, -0.2) is 59.5 Å². The van der Waals surface area contributed by atoms with E-state index in [1.165, 1.54) is 0 Å². The van der Waals surface area contributed by atoms with E-state index in [0.29, 0.717) is 5.95 Å². The molecule has 1 aromatic heterocycles. The Morgan fingerprint density at radius 2 is 1.81 bits per heavy atom. The van der Waals surface area contributed by atoms with Crippen molar-refractivity contribution in [2.75, 3.05) is 45.5 Å². The van der Waals surface area contributed by atoms with E-state index in [-0.39, 0.29) is 0 Å². The third kappa shape index (κ3) is 3.15. The molecule has 1 fully saturated rings. The third-order valence-corrected chi connectivity index (χ3v) is 3.04. The molecule has 2 rings (SSSR count). The highest BCUT2D eigenvalue weighted by molar-refractivity contribution is 5.17. The minimum atomic E-state index is 0.350. The van der Waals surface area contributed by atoms with E-state index in [2.05, 4.69) is 26.8 Å². The number of aromatic nitrogens is 2. The van der Waals surface area contributed by atoms with Crippen molar-refractivity contribution < 1.29 is 0 Å². The van der Waals surface area contributed by atoms with Gasteiger partial charge in [-0.3, -0.25) is 0 Å². The minimum Gasteiger partial charge on any atom is -0.368 e. The number of nitrogens with two attached hydrogens (primary N) is 1. The van der Waals surface area contributed by atoms with E-state index >= 15 is 0 Å². The van der Waals surface area contributed by atoms with E-state index in [9.17, 15) is 0 Å². The number of likely N-dealkylation sites (N-methyl/N-ethyl adjacent to an activating group) is 1. The van der Waals surface area contributed by atoms with Crippen molar-refractivity contribution in [3.63, 3.8) is 0 Å². The third-order valence-electron chi connectivity index (χ3n) is 3.04. The Morgan fingerprint density at radius 3 is 2.44 bits per heavy atom. The van der Waals surface area contributed by atoms with Crippen LogP contribution in [0, 0.1) is 0 Å². The fourth-order valence-electron chi connectivity index (χ4n) is 1.85. The summed E-state index contributed by atoms with van der Waals surface area (Å²) >= 11 is 0. The normalized spacial score (nSPS) is 18.8. The molecule has 1 saturated heterocycles. The van der Waals surface area contributed by atoms with Gasteiger partial charge in [-0.05, 0) is 19.0 Å². The summed E-state index contributed by atoms with van der Waals surface area (Å²) in [5.74, 6) is 0.350. The van der Waals surface area contributed by atoms with Crippen LogP contribution in [-0.2, 0) is 6.42 Å². The molecular formula is C11H19N5. The van der Waals surface area contributed by atoms with E-state index in [4.69, 9.17) is 5.73 Å². The van der Waals surface area contributed by atoms with Crippen LogP contribution in [0.4, 0.5) is 5.95 Å². The second-order valence-corrected chi connectivity index (χ2v) is 4.34. The fraction of sp³-hybridized carbons (Fsp3) is 0.636. The summed E-state index contributed by atoms with van der Waals surface area (Å²) in [6, 6.07) is 0. The molecule has 2 N–H and O–H groups in total. The molecule has 0 saturated carbocycles. The molecule has 0 radical (unpaired) electrons. The van der Waals surface area contributed by atoms with Crippen molar-refractivity contribution >= 4 is 5.95 Å². The number of hydrogen-bond donors (Lipinski definition) is 1. The first-order valence-corrected chi connectivity index (χ1v) is 5.71. The van der Waals surface area contributed by atoms with Crippen molar-refractivity contribution in [3.05, 3.63) is 18.0 Å². The van der Waals surface area contributed by atoms with Crippen LogP contribution >= 0.6 is 0 Å². The number of nitrogens with zero attached hydrogens (tertiary/aromatic N) is 4. The lowest BCUT2D eigenvalue weighted by atomic mass is 10.2. The summed E-state index contributed by atoms with van der Waals surface area (Å²) in [7, 11) is 2.17. The van der Waals surface area contributed by atoms with Crippen LogP contribution in [0.15, 0.2) is 12.4 Å². The van der Waals surface area contributed by atoms with Gasteiger partial charge in [0.1, 0.15) is 0 Å². The van der Waals surface area contributed by atoms with Gasteiger partial charge in [-0.1, -0.05) is 0 Å². The lowest BCUT2D eigenvalue weighted by Crippen LogP contribution is -2.45. The van der Waals surface area contributed by atoms with Crippen LogP contribution in [0.5, 0.6) is 0 Å². The molecule has 1 aromatic rings. The van der Waals surface area contributed by atoms with Gasteiger partial charge in [-0.2, -0.15) is 0 Å². The maximum absolute atomic E-state index is 5.44. The van der Waals surface area contributed by atoms with Gasteiger partial charge in [0.05, 0.1) is 0 Å². The maximum atomic E-state index is 5.44. The van der Waals surface area contributed by atoms with Crippen LogP contribution in [0.1, 0.15) is 5.56 Å². The summed E-state index contributed by atoms with van der Waals surface area (Å²) in [6.45, 7) is 5.73. The van der Waals surface area contributed by atoms with Crippen LogP contribution in [0.2, 0.25) is 0 Å². The van der Waals surface area contributed by atoms with Crippen LogP contribution in [0.25, 0.3) is 0 Å². The van der Waals surface area contributed by atoms with Gasteiger partial charge in [-0.25, -0.2) is 9.97 Å². The zero-order valence-corrected chi connectivity index (χ0v) is 9.76. The predicted octanol–water partition coefficient (Wildman–Crippen LogP) is -0.151. The molecular weight excluding hydrogens is 202 g/mol. The number of anilines is 1. The quantitative estimate of drug-likeness (QED) is 0.769. The molecule has 1 aliphatic rings. The van der Waals surface area contributed by atoms with Crippen LogP contribution < -0.4 is 5.73 Å². The summed E-state index contributed by atoms with van der Waals surface area (Å²) in [5, 5.41) is 0. The summed E-state index contributed by atoms with van der Waals surface area (Å²) < 4.78 is 0. The fourth-order valence-corrected chi connectivity index (χ4v) is 1.85. The topological polar surface area (TPSA) is 58.3 Å². The highest BCUT2D eigenvalue weighted by Crippen LogP contribution is 2.03. The second-order valence-electron chi connectivity index (χ2n) is 4.34. The monoisotopic (exact) mass is 221 g/mol. The van der Waals surface area contributed by atoms with Crippen molar-refractivity contribution in [3.8, 4) is 0 Å². The predicted molar refractivity (Wildman–Crippen MR) is 64.1 cm³/mol. The van der Waals surface area contributed by atoms with Gasteiger partial charge in [0.25, 0.3) is 0 Å². The molecule has 0 unspecified atom stereocenters. The molecule has 2 heterocycles. The van der Waals surface area contributed by atoms with Gasteiger partial charge in [-0.15, -0.1) is 0 Å². The van der Waals surface area contributed by atoms with E-state index < -0.39 is 0 Å². The molecule has 0 aliphatic carbocycles. The first-order chi connectivity index (χ1) is 7.74. The Balaban J connectivity index is 1.77. The molecule has 0 amide bonds. The van der Waals surface area contributed by atoms with Crippen molar-refractivity contribution in [1.82, 2.24) is 19.8 Å². The zero-order chi connectivity index (χ0) is 11.4. The minimum absolute atomic E-state index is 0.350. The lowest BCUT2D eigenvalue weighted by Gasteiger charge is -2.32. The number of piperazine rings is 1. The molecule has 0 spiro atoms. The molecule has 88 valence electrons. The second kappa shape index (κ2) is 5.23. The van der Waals surface area contributed by atoms with Gasteiger partial charge in [0, 0.05) is 45.1 Å². The average Bonchev–Trinajstić information content (AvgIpc) is 2.30. The molecule has 5 heteroatoms. The number of hydrogen-bond acceptors (Lipinski definition) is 5. The van der Waals surface area contributed by atoms with Crippen molar-refractivity contribution in [1.29, 1.82) is 0 Å². The smallest absolute Gasteiger partial charge is 0.219 e. The molecule has 1 aliphatic heterocycles. The van der Waals surface area contributed by atoms with E-state index in [1.54, 1.807) is 0 Å². The number of nitrogen functional groups attached to an aromatic ring is 1.